The summed E-state index contributed by atoms with van der Waals surface area (Å²) in [7, 11) is 1.39. The zero-order valence-electron chi connectivity index (χ0n) is 12.5. The smallest absolute Gasteiger partial charge is 0.266 e. The van der Waals surface area contributed by atoms with E-state index in [1.54, 1.807) is 6.07 Å². The van der Waals surface area contributed by atoms with Gasteiger partial charge >= 0.3 is 0 Å². The molecule has 0 radical (unpaired) electrons. The third-order valence-electron chi connectivity index (χ3n) is 3.05. The van der Waals surface area contributed by atoms with Gasteiger partial charge in [0, 0.05) is 5.69 Å². The minimum absolute atomic E-state index is 0.0797. The second-order valence-corrected chi connectivity index (χ2v) is 5.54. The summed E-state index contributed by atoms with van der Waals surface area (Å²) in [5.74, 6) is -0.937. The van der Waals surface area contributed by atoms with Gasteiger partial charge < -0.3 is 15.2 Å². The molecule has 0 bridgehead atoms. The largest absolute Gasteiger partial charge is 0.503 e. The summed E-state index contributed by atoms with van der Waals surface area (Å²) in [6, 6.07) is 10.0. The van der Waals surface area contributed by atoms with Gasteiger partial charge in [0.2, 0.25) is 0 Å². The van der Waals surface area contributed by atoms with E-state index in [-0.39, 0.29) is 17.1 Å². The molecule has 0 aliphatic rings. The maximum atomic E-state index is 12.9. The second kappa shape index (κ2) is 7.62. The maximum absolute atomic E-state index is 12.9. The van der Waals surface area contributed by atoms with Crippen molar-refractivity contribution >= 4 is 33.6 Å². The van der Waals surface area contributed by atoms with E-state index in [4.69, 9.17) is 4.74 Å². The lowest BCUT2D eigenvalue weighted by Gasteiger charge is -2.07. The Hall–Kier alpha value is -2.85. The number of carbonyl (C=O) groups excluding carboxylic acids is 1. The first-order valence-corrected chi connectivity index (χ1v) is 7.49. The van der Waals surface area contributed by atoms with Gasteiger partial charge in [-0.1, -0.05) is 0 Å². The van der Waals surface area contributed by atoms with Gasteiger partial charge in [0.25, 0.3) is 5.91 Å². The molecule has 2 aromatic rings. The van der Waals surface area contributed by atoms with Crippen LogP contribution in [0.1, 0.15) is 5.56 Å². The fraction of sp³-hybridized carbons (Fsp3) is 0.0588. The Balaban J connectivity index is 2.29. The molecule has 7 heteroatoms. The van der Waals surface area contributed by atoms with E-state index < -0.39 is 11.7 Å². The number of rotatable bonds is 4. The van der Waals surface area contributed by atoms with Gasteiger partial charge in [0.05, 0.1) is 11.6 Å². The third kappa shape index (κ3) is 4.12. The van der Waals surface area contributed by atoms with E-state index in [0.717, 1.165) is 0 Å². The fourth-order valence-corrected chi connectivity index (χ4v) is 2.34. The van der Waals surface area contributed by atoms with Gasteiger partial charge in [0.1, 0.15) is 17.5 Å². The lowest BCUT2D eigenvalue weighted by atomic mass is 10.1. The lowest BCUT2D eigenvalue weighted by Crippen LogP contribution is -2.13. The Morgan fingerprint density at radius 1 is 1.38 bits per heavy atom. The average Bonchev–Trinajstić information content (AvgIpc) is 2.57. The van der Waals surface area contributed by atoms with Crippen molar-refractivity contribution in [1.29, 1.82) is 5.26 Å². The number of amides is 1. The molecule has 0 aliphatic carbocycles. The zero-order chi connectivity index (χ0) is 17.7. The first-order valence-electron chi connectivity index (χ1n) is 6.70. The van der Waals surface area contributed by atoms with Crippen LogP contribution in [0.25, 0.3) is 6.08 Å². The summed E-state index contributed by atoms with van der Waals surface area (Å²) >= 11 is 3.17. The number of phenolic OH excluding ortho intramolecular Hbond substituents is 1. The molecule has 0 heterocycles. The van der Waals surface area contributed by atoms with Crippen molar-refractivity contribution in [2.45, 2.75) is 0 Å². The molecule has 0 saturated heterocycles. The van der Waals surface area contributed by atoms with Gasteiger partial charge in [-0.3, -0.25) is 4.79 Å². The Labute approximate surface area is 146 Å². The molecule has 2 rings (SSSR count). The van der Waals surface area contributed by atoms with Crippen LogP contribution in [0.4, 0.5) is 10.1 Å². The minimum atomic E-state index is -0.632. The Bertz CT molecular complexity index is 842. The SMILES string of the molecule is COc1cc(/C=C(\C#N)C(=O)Nc2ccc(F)cc2)cc(Br)c1O. The number of nitrogens with one attached hydrogen (secondary N) is 1. The number of hydrogen-bond acceptors (Lipinski definition) is 4. The Kier molecular flexibility index (Phi) is 5.55. The zero-order valence-corrected chi connectivity index (χ0v) is 14.1. The maximum Gasteiger partial charge on any atom is 0.266 e. The van der Waals surface area contributed by atoms with Gasteiger partial charge in [-0.05, 0) is 64.0 Å². The predicted octanol–water partition coefficient (Wildman–Crippen LogP) is 3.85. The number of anilines is 1. The first kappa shape index (κ1) is 17.5. The lowest BCUT2D eigenvalue weighted by molar-refractivity contribution is -0.112. The summed E-state index contributed by atoms with van der Waals surface area (Å²) in [6.45, 7) is 0. The highest BCUT2D eigenvalue weighted by atomic mass is 79.9. The Morgan fingerprint density at radius 3 is 2.62 bits per heavy atom. The number of nitrogens with zero attached hydrogens (tertiary/aromatic N) is 1. The molecule has 0 aliphatic heterocycles. The second-order valence-electron chi connectivity index (χ2n) is 4.68. The minimum Gasteiger partial charge on any atom is -0.503 e. The van der Waals surface area contributed by atoms with Crippen molar-refractivity contribution in [3.63, 3.8) is 0 Å². The number of methoxy groups -OCH3 is 1. The van der Waals surface area contributed by atoms with E-state index >= 15 is 0 Å². The molecule has 122 valence electrons. The number of aromatic hydroxyl groups is 1. The first-order chi connectivity index (χ1) is 11.4. The van der Waals surface area contributed by atoms with Crippen LogP contribution in [0.3, 0.4) is 0 Å². The van der Waals surface area contributed by atoms with Gasteiger partial charge in [-0.2, -0.15) is 5.26 Å². The van der Waals surface area contributed by atoms with E-state index in [1.807, 2.05) is 6.07 Å². The van der Waals surface area contributed by atoms with Crippen LogP contribution >= 0.6 is 15.9 Å². The monoisotopic (exact) mass is 390 g/mol. The number of ether oxygens (including phenoxy) is 1. The van der Waals surface area contributed by atoms with Crippen molar-refractivity contribution in [2.75, 3.05) is 12.4 Å². The van der Waals surface area contributed by atoms with Gasteiger partial charge in [0.15, 0.2) is 11.5 Å². The topological polar surface area (TPSA) is 82.3 Å². The highest BCUT2D eigenvalue weighted by Gasteiger charge is 2.12. The van der Waals surface area contributed by atoms with Crippen LogP contribution in [-0.4, -0.2) is 18.1 Å². The molecule has 5 nitrogen and oxygen atoms in total. The van der Waals surface area contributed by atoms with Crippen LogP contribution in [0.5, 0.6) is 11.5 Å². The van der Waals surface area contributed by atoms with E-state index in [0.29, 0.717) is 15.7 Å². The number of carbonyl (C=O) groups is 1. The highest BCUT2D eigenvalue weighted by molar-refractivity contribution is 9.10. The van der Waals surface area contributed by atoms with Crippen molar-refractivity contribution in [3.8, 4) is 17.6 Å². The van der Waals surface area contributed by atoms with E-state index in [9.17, 15) is 19.6 Å². The average molecular weight is 391 g/mol. The molecule has 0 atom stereocenters. The number of nitriles is 1. The molecule has 2 N–H and O–H groups in total. The summed E-state index contributed by atoms with van der Waals surface area (Å²) in [5.41, 5.74) is 0.702. The number of hydrogen-bond donors (Lipinski definition) is 2. The molecule has 2 aromatic carbocycles. The van der Waals surface area contributed by atoms with Gasteiger partial charge in [-0.25, -0.2) is 4.39 Å². The summed E-state index contributed by atoms with van der Waals surface area (Å²) < 4.78 is 18.3. The molecule has 24 heavy (non-hydrogen) atoms. The third-order valence-corrected chi connectivity index (χ3v) is 3.65. The molecule has 1 amide bonds. The van der Waals surface area contributed by atoms with Crippen LogP contribution in [0.15, 0.2) is 46.4 Å². The number of phenols is 1. The predicted molar refractivity (Wildman–Crippen MR) is 91.0 cm³/mol. The van der Waals surface area contributed by atoms with Gasteiger partial charge in [-0.15, -0.1) is 0 Å². The van der Waals surface area contributed by atoms with Crippen LogP contribution < -0.4 is 10.1 Å². The van der Waals surface area contributed by atoms with E-state index in [1.165, 1.54) is 43.5 Å². The molecule has 0 fully saturated rings. The summed E-state index contributed by atoms with van der Waals surface area (Å²) in [4.78, 5) is 12.2. The normalized spacial score (nSPS) is 10.8. The van der Waals surface area contributed by atoms with Crippen molar-refractivity contribution in [1.82, 2.24) is 0 Å². The van der Waals surface area contributed by atoms with Crippen LogP contribution in [0, 0.1) is 17.1 Å². The fourth-order valence-electron chi connectivity index (χ4n) is 1.88. The number of benzene rings is 2. The molecule has 0 saturated carbocycles. The molecular weight excluding hydrogens is 379 g/mol. The summed E-state index contributed by atoms with van der Waals surface area (Å²) in [5, 5.41) is 21.5. The summed E-state index contributed by atoms with van der Waals surface area (Å²) in [6.07, 6.45) is 1.35. The van der Waals surface area contributed by atoms with Crippen LogP contribution in [0.2, 0.25) is 0 Å². The van der Waals surface area contributed by atoms with Crippen molar-refractivity contribution in [2.24, 2.45) is 0 Å². The standard InChI is InChI=1S/C17H12BrFN2O3/c1-24-15-8-10(7-14(18)16(15)22)6-11(9-20)17(23)21-13-4-2-12(19)3-5-13/h2-8,22H,1H3,(H,21,23)/b11-6+. The Morgan fingerprint density at radius 2 is 2.04 bits per heavy atom. The molecule has 0 aromatic heterocycles. The van der Waals surface area contributed by atoms with Crippen molar-refractivity contribution < 1.29 is 19.0 Å². The van der Waals surface area contributed by atoms with Crippen LogP contribution in [-0.2, 0) is 4.79 Å². The van der Waals surface area contributed by atoms with Crippen molar-refractivity contribution in [3.05, 3.63) is 57.8 Å². The highest BCUT2D eigenvalue weighted by Crippen LogP contribution is 2.35. The quantitative estimate of drug-likeness (QED) is 0.613. The molecule has 0 unspecified atom stereocenters. The molecule has 0 spiro atoms. The van der Waals surface area contributed by atoms with E-state index in [2.05, 4.69) is 21.2 Å². The molecular formula is C17H12BrFN2O3. The number of halogens is 2.